The van der Waals surface area contributed by atoms with Crippen LogP contribution >= 0.6 is 11.3 Å². The molecule has 2 atom stereocenters. The van der Waals surface area contributed by atoms with Crippen molar-refractivity contribution < 1.29 is 36.6 Å². The summed E-state index contributed by atoms with van der Waals surface area (Å²) in [4.78, 5) is 32.6. The van der Waals surface area contributed by atoms with Crippen molar-refractivity contribution in [3.05, 3.63) is 28.5 Å². The Morgan fingerprint density at radius 1 is 1.27 bits per heavy atom. The number of likely N-dealkylation sites (tertiary alicyclic amines) is 1. The minimum atomic E-state index is -4.52. The highest BCUT2D eigenvalue weighted by molar-refractivity contribution is 7.17. The molecule has 2 aromatic rings. The highest BCUT2D eigenvalue weighted by Crippen LogP contribution is 2.42. The molecule has 0 radical (unpaired) electrons. The first-order valence-electron chi connectivity index (χ1n) is 12.9. The number of carbonyl (C=O) groups excluding carboxylic acids is 2. The molecule has 0 spiro atoms. The van der Waals surface area contributed by atoms with Crippen LogP contribution in [0.25, 0.3) is 10.4 Å². The fourth-order valence-electron chi connectivity index (χ4n) is 4.20. The van der Waals surface area contributed by atoms with Gasteiger partial charge in [0, 0.05) is 36.5 Å². The molecule has 2 aliphatic rings. The van der Waals surface area contributed by atoms with E-state index < -0.39 is 41.6 Å². The van der Waals surface area contributed by atoms with Crippen molar-refractivity contribution in [1.82, 2.24) is 20.2 Å². The minimum absolute atomic E-state index is 0.00271. The van der Waals surface area contributed by atoms with Crippen molar-refractivity contribution in [3.63, 3.8) is 0 Å². The molecule has 3 heterocycles. The Labute approximate surface area is 233 Å². The zero-order valence-corrected chi connectivity index (χ0v) is 23.5. The first kappa shape index (κ1) is 31.7. The van der Waals surface area contributed by atoms with E-state index in [0.717, 1.165) is 36.6 Å². The maximum atomic E-state index is 13.8. The average Bonchev–Trinajstić information content (AvgIpc) is 3.50. The van der Waals surface area contributed by atoms with E-state index in [0.29, 0.717) is 24.6 Å². The molecule has 2 amide bonds. The van der Waals surface area contributed by atoms with Gasteiger partial charge in [-0.05, 0) is 65.4 Å². The van der Waals surface area contributed by atoms with Crippen molar-refractivity contribution in [3.8, 4) is 10.4 Å². The van der Waals surface area contributed by atoms with Gasteiger partial charge in [-0.25, -0.2) is 18.7 Å². The number of carbonyl (C=O) groups is 2. The quantitative estimate of drug-likeness (QED) is 0.269. The number of nitrogens with one attached hydrogen (secondary N) is 2. The molecule has 14 heteroatoms. The van der Waals surface area contributed by atoms with Crippen LogP contribution in [0, 0.1) is 12.8 Å². The molecule has 1 saturated heterocycles. The van der Waals surface area contributed by atoms with Gasteiger partial charge in [0.25, 0.3) is 12.3 Å². The van der Waals surface area contributed by atoms with Gasteiger partial charge in [0.1, 0.15) is 11.9 Å². The van der Waals surface area contributed by atoms with Crippen LogP contribution in [0.4, 0.5) is 27.8 Å². The van der Waals surface area contributed by atoms with Crippen LogP contribution in [-0.2, 0) is 4.79 Å². The second-order valence-electron chi connectivity index (χ2n) is 10.7. The van der Waals surface area contributed by atoms with Crippen LogP contribution in [0.2, 0.25) is 0 Å². The van der Waals surface area contributed by atoms with E-state index in [9.17, 15) is 36.6 Å². The topological polar surface area (TPSA) is 107 Å². The molecule has 0 aromatic carbocycles. The van der Waals surface area contributed by atoms with Crippen LogP contribution in [0.3, 0.4) is 0 Å². The lowest BCUT2D eigenvalue weighted by Crippen LogP contribution is -2.38. The summed E-state index contributed by atoms with van der Waals surface area (Å²) in [5.74, 6) is -1.46. The average molecular weight is 592 g/mol. The fourth-order valence-corrected chi connectivity index (χ4v) is 5.22. The van der Waals surface area contributed by atoms with E-state index in [1.54, 1.807) is 0 Å². The van der Waals surface area contributed by atoms with Crippen molar-refractivity contribution in [2.75, 3.05) is 18.4 Å². The number of hydrogen-bond donors (Lipinski definition) is 3. The Morgan fingerprint density at radius 3 is 2.42 bits per heavy atom. The van der Waals surface area contributed by atoms with E-state index in [-0.39, 0.29) is 27.8 Å². The summed E-state index contributed by atoms with van der Waals surface area (Å²) in [5, 5.41) is 14.5. The summed E-state index contributed by atoms with van der Waals surface area (Å²) in [7, 11) is 0. The summed E-state index contributed by atoms with van der Waals surface area (Å²) >= 11 is 0.863. The molecule has 1 aliphatic carbocycles. The molecular weight excluding hydrogens is 557 g/mol. The van der Waals surface area contributed by atoms with E-state index in [1.807, 2.05) is 4.90 Å². The third kappa shape index (κ3) is 8.56. The van der Waals surface area contributed by atoms with Crippen molar-refractivity contribution in [1.29, 1.82) is 0 Å². The van der Waals surface area contributed by atoms with E-state index >= 15 is 0 Å². The number of aryl methyl sites for hydroxylation is 1. The Hall–Kier alpha value is -2.87. The normalized spacial score (nSPS) is 18.3. The van der Waals surface area contributed by atoms with Crippen molar-refractivity contribution >= 4 is 29.5 Å². The van der Waals surface area contributed by atoms with Gasteiger partial charge in [0.2, 0.25) is 6.41 Å². The van der Waals surface area contributed by atoms with E-state index in [2.05, 4.69) is 27.5 Å². The first-order chi connectivity index (χ1) is 18.6. The highest BCUT2D eigenvalue weighted by atomic mass is 32.1. The SMILES string of the molecule is CC1CCCN1C=O.Cc1nc(C(=O)NCC(C)(C)O)sc1-c1cnc(NC(C2CC2)C(F)(F)F)cc1C(F)F. The number of aliphatic hydroxyl groups is 1. The van der Waals surface area contributed by atoms with Gasteiger partial charge in [-0.2, -0.15) is 13.2 Å². The molecule has 222 valence electrons. The van der Waals surface area contributed by atoms with Crippen LogP contribution in [0.5, 0.6) is 0 Å². The van der Waals surface area contributed by atoms with Gasteiger partial charge < -0.3 is 20.6 Å². The second-order valence-corrected chi connectivity index (χ2v) is 11.7. The number of pyridine rings is 1. The Balaban J connectivity index is 0.000000472. The van der Waals surface area contributed by atoms with Crippen molar-refractivity contribution in [2.24, 2.45) is 5.92 Å². The Kier molecular flexibility index (Phi) is 10.1. The third-order valence-electron chi connectivity index (χ3n) is 6.58. The number of hydrogen-bond acceptors (Lipinski definition) is 7. The minimum Gasteiger partial charge on any atom is -0.389 e. The van der Waals surface area contributed by atoms with E-state index in [4.69, 9.17) is 0 Å². The molecule has 4 rings (SSSR count). The number of aromatic nitrogens is 2. The number of amides is 2. The molecule has 2 unspecified atom stereocenters. The number of nitrogens with zero attached hydrogens (tertiary/aromatic N) is 3. The zero-order chi connectivity index (χ0) is 29.8. The maximum absolute atomic E-state index is 13.8. The molecule has 8 nitrogen and oxygen atoms in total. The standard InChI is InChI=1S/C20H23F5N4O2S.C6H11NO/c1-9-14(32-18(28-9)17(30)27-8-19(2,3)31)12-7-26-13(6-11(12)16(21)22)29-15(10-4-5-10)20(23,24)25;1-6-3-2-4-7(6)5-8/h6-7,10,15-16,31H,4-5,8H2,1-3H3,(H,26,29)(H,27,30);5-6H,2-4H2,1H3. The number of anilines is 1. The predicted octanol–water partition coefficient (Wildman–Crippen LogP) is 5.33. The zero-order valence-electron chi connectivity index (χ0n) is 22.7. The molecule has 1 saturated carbocycles. The molecule has 0 bridgehead atoms. The molecular formula is C26H34F5N5O3S. The summed E-state index contributed by atoms with van der Waals surface area (Å²) in [6, 6.07) is -0.441. The second kappa shape index (κ2) is 12.8. The fraction of sp³-hybridized carbons (Fsp3) is 0.615. The van der Waals surface area contributed by atoms with Gasteiger partial charge in [0.15, 0.2) is 5.01 Å². The first-order valence-corrected chi connectivity index (χ1v) is 13.7. The smallest absolute Gasteiger partial charge is 0.389 e. The Bertz CT molecular complexity index is 1180. The van der Waals surface area contributed by atoms with Gasteiger partial charge >= 0.3 is 6.18 Å². The molecule has 2 aromatic heterocycles. The summed E-state index contributed by atoms with van der Waals surface area (Å²) in [5.41, 5.74) is -1.35. The van der Waals surface area contributed by atoms with Crippen LogP contribution in [-0.4, -0.2) is 69.2 Å². The maximum Gasteiger partial charge on any atom is 0.408 e. The molecule has 1 aliphatic heterocycles. The van der Waals surface area contributed by atoms with Crippen LogP contribution in [0.15, 0.2) is 12.3 Å². The van der Waals surface area contributed by atoms with Crippen LogP contribution < -0.4 is 10.6 Å². The number of alkyl halides is 5. The van der Waals surface area contributed by atoms with Gasteiger partial charge in [0.05, 0.1) is 16.2 Å². The number of thiazole rings is 1. The number of rotatable bonds is 9. The lowest BCUT2D eigenvalue weighted by molar-refractivity contribution is -0.146. The lowest BCUT2D eigenvalue weighted by atomic mass is 10.1. The van der Waals surface area contributed by atoms with Gasteiger partial charge in [-0.15, -0.1) is 11.3 Å². The molecule has 3 N–H and O–H groups in total. The van der Waals surface area contributed by atoms with Crippen LogP contribution in [0.1, 0.15) is 73.9 Å². The van der Waals surface area contributed by atoms with E-state index in [1.165, 1.54) is 33.6 Å². The summed E-state index contributed by atoms with van der Waals surface area (Å²) < 4.78 is 67.4. The van der Waals surface area contributed by atoms with Gasteiger partial charge in [-0.3, -0.25) is 9.59 Å². The number of halogens is 5. The molecule has 40 heavy (non-hydrogen) atoms. The largest absolute Gasteiger partial charge is 0.408 e. The predicted molar refractivity (Wildman–Crippen MR) is 141 cm³/mol. The monoisotopic (exact) mass is 591 g/mol. The highest BCUT2D eigenvalue weighted by Gasteiger charge is 2.49. The summed E-state index contributed by atoms with van der Waals surface area (Å²) in [6.07, 6.45) is -2.30. The summed E-state index contributed by atoms with van der Waals surface area (Å²) in [6.45, 7) is 7.56. The molecule has 2 fully saturated rings. The third-order valence-corrected chi connectivity index (χ3v) is 7.77. The Morgan fingerprint density at radius 2 is 1.95 bits per heavy atom. The van der Waals surface area contributed by atoms with Crippen molar-refractivity contribution in [2.45, 2.75) is 83.7 Å². The van der Waals surface area contributed by atoms with Gasteiger partial charge in [-0.1, -0.05) is 0 Å². The lowest BCUT2D eigenvalue weighted by Gasteiger charge is -2.22.